The van der Waals surface area contributed by atoms with Gasteiger partial charge in [0.05, 0.1) is 11.1 Å². The summed E-state index contributed by atoms with van der Waals surface area (Å²) in [6.07, 6.45) is 4.71. The average molecular weight is 507 g/mol. The van der Waals surface area contributed by atoms with Gasteiger partial charge in [-0.1, -0.05) is 18.2 Å². The molecule has 2 amide bonds. The smallest absolute Gasteiger partial charge is 0.277 e. The van der Waals surface area contributed by atoms with Gasteiger partial charge < -0.3 is 15.5 Å². The number of aryl methyl sites for hydroxylation is 1. The molecule has 2 aromatic heterocycles. The highest BCUT2D eigenvalue weighted by atomic mass is 19.1. The second-order valence-corrected chi connectivity index (χ2v) is 10.1. The number of hydrogen-bond acceptors (Lipinski definition) is 6. The summed E-state index contributed by atoms with van der Waals surface area (Å²) in [6.45, 7) is 2.12. The SMILES string of the molecule is Cc1ccc2c(c1F)CCN2C(=O)c1cc(Nc2ccc3c(c2)CC2(C3)C(=O)Nc3ncccc32)ncn1. The summed E-state index contributed by atoms with van der Waals surface area (Å²) in [4.78, 5) is 40.6. The highest BCUT2D eigenvalue weighted by Gasteiger charge is 2.51. The maximum absolute atomic E-state index is 14.5. The molecule has 1 aliphatic carbocycles. The van der Waals surface area contributed by atoms with Gasteiger partial charge in [-0.05, 0) is 67.1 Å². The molecule has 4 aromatic rings. The van der Waals surface area contributed by atoms with E-state index in [1.165, 1.54) is 6.33 Å². The summed E-state index contributed by atoms with van der Waals surface area (Å²) >= 11 is 0. The minimum atomic E-state index is -0.636. The predicted octanol–water partition coefficient (Wildman–Crippen LogP) is 4.25. The summed E-state index contributed by atoms with van der Waals surface area (Å²) < 4.78 is 14.5. The molecular weight excluding hydrogens is 483 g/mol. The van der Waals surface area contributed by atoms with Crippen molar-refractivity contribution in [3.8, 4) is 0 Å². The van der Waals surface area contributed by atoms with Gasteiger partial charge in [0.2, 0.25) is 5.91 Å². The highest BCUT2D eigenvalue weighted by molar-refractivity contribution is 6.07. The number of nitrogens with one attached hydrogen (secondary N) is 2. The first-order chi connectivity index (χ1) is 18.4. The molecule has 0 bridgehead atoms. The number of hydrogen-bond donors (Lipinski definition) is 2. The Balaban J connectivity index is 1.13. The Bertz CT molecular complexity index is 1670. The van der Waals surface area contributed by atoms with Crippen LogP contribution in [0.15, 0.2) is 61.1 Å². The van der Waals surface area contributed by atoms with E-state index in [0.717, 1.165) is 22.4 Å². The number of amides is 2. The zero-order chi connectivity index (χ0) is 26.0. The van der Waals surface area contributed by atoms with Crippen molar-refractivity contribution in [2.24, 2.45) is 0 Å². The summed E-state index contributed by atoms with van der Waals surface area (Å²) in [5.41, 5.74) is 5.25. The Kier molecular flexibility index (Phi) is 4.85. The molecule has 2 aliphatic heterocycles. The van der Waals surface area contributed by atoms with Crippen LogP contribution in [0.1, 0.15) is 38.3 Å². The minimum Gasteiger partial charge on any atom is -0.340 e. The predicted molar refractivity (Wildman–Crippen MR) is 140 cm³/mol. The van der Waals surface area contributed by atoms with Gasteiger partial charge in [0.25, 0.3) is 5.91 Å². The Labute approximate surface area is 218 Å². The van der Waals surface area contributed by atoms with E-state index in [0.29, 0.717) is 54.3 Å². The molecule has 0 radical (unpaired) electrons. The molecule has 1 spiro atoms. The third kappa shape index (κ3) is 3.31. The molecule has 4 heterocycles. The Hall–Kier alpha value is -4.66. The second kappa shape index (κ2) is 8.17. The van der Waals surface area contributed by atoms with Crippen LogP contribution in [-0.2, 0) is 29.5 Å². The molecule has 1 atom stereocenters. The molecule has 8 nitrogen and oxygen atoms in total. The zero-order valence-corrected chi connectivity index (χ0v) is 20.6. The lowest BCUT2D eigenvalue weighted by molar-refractivity contribution is -0.120. The van der Waals surface area contributed by atoms with Gasteiger partial charge in [0.15, 0.2) is 0 Å². The normalized spacial score (nSPS) is 18.8. The third-order valence-corrected chi connectivity index (χ3v) is 7.87. The van der Waals surface area contributed by atoms with Gasteiger partial charge in [-0.25, -0.2) is 19.3 Å². The molecular formula is C29H23FN6O2. The number of carbonyl (C=O) groups is 2. The Morgan fingerprint density at radius 1 is 1.08 bits per heavy atom. The van der Waals surface area contributed by atoms with Crippen LogP contribution in [0.2, 0.25) is 0 Å². The van der Waals surface area contributed by atoms with Crippen molar-refractivity contribution in [1.29, 1.82) is 0 Å². The van der Waals surface area contributed by atoms with Gasteiger partial charge >= 0.3 is 0 Å². The number of benzene rings is 2. The number of fused-ring (bicyclic) bond motifs is 4. The minimum absolute atomic E-state index is 0.0191. The van der Waals surface area contributed by atoms with Crippen LogP contribution in [-0.4, -0.2) is 33.3 Å². The fraction of sp³-hybridized carbons (Fsp3) is 0.207. The summed E-state index contributed by atoms with van der Waals surface area (Å²) in [5.74, 6) is 0.539. The van der Waals surface area contributed by atoms with Crippen molar-refractivity contribution >= 4 is 34.8 Å². The molecule has 2 N–H and O–H groups in total. The fourth-order valence-corrected chi connectivity index (χ4v) is 5.95. The summed E-state index contributed by atoms with van der Waals surface area (Å²) in [5, 5.41) is 6.20. The summed E-state index contributed by atoms with van der Waals surface area (Å²) in [7, 11) is 0. The van der Waals surface area contributed by atoms with E-state index in [9.17, 15) is 14.0 Å². The summed E-state index contributed by atoms with van der Waals surface area (Å²) in [6, 6.07) is 14.9. The monoisotopic (exact) mass is 506 g/mol. The second-order valence-electron chi connectivity index (χ2n) is 10.1. The van der Waals surface area contributed by atoms with Gasteiger partial charge in [-0.2, -0.15) is 0 Å². The maximum Gasteiger partial charge on any atom is 0.277 e. The Morgan fingerprint density at radius 2 is 1.95 bits per heavy atom. The van der Waals surface area contributed by atoms with Gasteiger partial charge in [0.1, 0.15) is 29.5 Å². The van der Waals surface area contributed by atoms with Crippen LogP contribution in [0.25, 0.3) is 0 Å². The third-order valence-electron chi connectivity index (χ3n) is 7.87. The molecule has 0 saturated carbocycles. The van der Waals surface area contributed by atoms with Crippen LogP contribution in [0.4, 0.5) is 27.4 Å². The van der Waals surface area contributed by atoms with Gasteiger partial charge in [-0.3, -0.25) is 9.59 Å². The number of pyridine rings is 1. The van der Waals surface area contributed by atoms with E-state index in [2.05, 4.69) is 25.6 Å². The molecule has 0 saturated heterocycles. The van der Waals surface area contributed by atoms with Crippen LogP contribution in [0.5, 0.6) is 0 Å². The Morgan fingerprint density at radius 3 is 2.84 bits per heavy atom. The first-order valence-corrected chi connectivity index (χ1v) is 12.5. The molecule has 188 valence electrons. The van der Waals surface area contributed by atoms with Crippen molar-refractivity contribution in [2.45, 2.75) is 31.6 Å². The molecule has 38 heavy (non-hydrogen) atoms. The molecule has 1 unspecified atom stereocenters. The number of anilines is 4. The molecule has 7 rings (SSSR count). The van der Waals surface area contributed by atoms with Crippen molar-refractivity contribution in [3.05, 3.63) is 100 Å². The van der Waals surface area contributed by atoms with Crippen LogP contribution < -0.4 is 15.5 Å². The first-order valence-electron chi connectivity index (χ1n) is 12.5. The number of rotatable bonds is 3. The molecule has 2 aromatic carbocycles. The van der Waals surface area contributed by atoms with E-state index < -0.39 is 5.41 Å². The number of nitrogens with zero attached hydrogens (tertiary/aromatic N) is 4. The fourth-order valence-electron chi connectivity index (χ4n) is 5.95. The van der Waals surface area contributed by atoms with Crippen molar-refractivity contribution in [1.82, 2.24) is 15.0 Å². The highest BCUT2D eigenvalue weighted by Crippen LogP contribution is 2.47. The van der Waals surface area contributed by atoms with E-state index in [1.807, 2.05) is 30.3 Å². The largest absolute Gasteiger partial charge is 0.340 e. The number of aromatic nitrogens is 3. The van der Waals surface area contributed by atoms with Crippen LogP contribution in [0, 0.1) is 12.7 Å². The quantitative estimate of drug-likeness (QED) is 0.431. The molecule has 3 aliphatic rings. The lowest BCUT2D eigenvalue weighted by Crippen LogP contribution is -2.35. The van der Waals surface area contributed by atoms with Crippen LogP contribution >= 0.6 is 0 Å². The lowest BCUT2D eigenvalue weighted by atomic mass is 9.79. The zero-order valence-electron chi connectivity index (χ0n) is 20.6. The van der Waals surface area contributed by atoms with E-state index in [-0.39, 0.29) is 23.3 Å². The topological polar surface area (TPSA) is 100 Å². The standard InChI is InChI=1S/C29H23FN6O2/c1-16-4-7-23-20(25(16)30)8-10-36(23)27(37)22-12-24(33-15-32-22)34-19-6-5-17-13-29(14-18(17)11-19)21-3-2-9-31-26(21)35-28(29)38/h2-7,9,11-12,15H,8,10,13-14H2,1H3,(H,31,35,38)(H,32,33,34). The number of carbonyl (C=O) groups excluding carboxylic acids is 2. The molecule has 9 heteroatoms. The van der Waals surface area contributed by atoms with Crippen molar-refractivity contribution in [2.75, 3.05) is 22.1 Å². The maximum atomic E-state index is 14.5. The number of halogens is 1. The van der Waals surface area contributed by atoms with Crippen LogP contribution in [0.3, 0.4) is 0 Å². The van der Waals surface area contributed by atoms with Gasteiger partial charge in [-0.15, -0.1) is 0 Å². The van der Waals surface area contributed by atoms with Crippen molar-refractivity contribution in [3.63, 3.8) is 0 Å². The molecule has 0 fully saturated rings. The van der Waals surface area contributed by atoms with E-state index >= 15 is 0 Å². The average Bonchev–Trinajstić information content (AvgIpc) is 3.60. The lowest BCUT2D eigenvalue weighted by Gasteiger charge is -2.20. The first kappa shape index (κ1) is 22.5. The van der Waals surface area contributed by atoms with Crippen molar-refractivity contribution < 1.29 is 14.0 Å². The van der Waals surface area contributed by atoms with Gasteiger partial charge in [0, 0.05) is 35.6 Å². The van der Waals surface area contributed by atoms with E-state index in [1.54, 1.807) is 36.2 Å². The van der Waals surface area contributed by atoms with E-state index in [4.69, 9.17) is 0 Å².